The second-order valence-corrected chi connectivity index (χ2v) is 1.49. The van der Waals surface area contributed by atoms with Crippen LogP contribution in [-0.4, -0.2) is 22.2 Å². The van der Waals surface area contributed by atoms with Crippen LogP contribution in [-0.2, 0) is 0 Å². The molecule has 0 radical (unpaired) electrons. The highest BCUT2D eigenvalue weighted by atomic mass is 19.4. The molecule has 0 aromatic heterocycles. The Morgan fingerprint density at radius 2 is 1.36 bits per heavy atom. The zero-order chi connectivity index (χ0) is 9.23. The molecule has 0 aromatic rings. The summed E-state index contributed by atoms with van der Waals surface area (Å²) in [6.07, 6.45) is -9.16. The summed E-state index contributed by atoms with van der Waals surface area (Å²) in [4.78, 5) is 14.9. The van der Waals surface area contributed by atoms with Gasteiger partial charge < -0.3 is 0 Å². The topological polar surface area (TPSA) is 86.3 Å². The molecule has 0 heterocycles. The minimum Gasteiger partial charge on any atom is -0.258 e. The molecule has 64 valence electrons. The predicted octanol–water partition coefficient (Wildman–Crippen LogP) is 0.428. The van der Waals surface area contributed by atoms with Gasteiger partial charge in [0.05, 0.1) is 0 Å². The summed E-state index contributed by atoms with van der Waals surface area (Å²) < 4.78 is 34.0. The van der Waals surface area contributed by atoms with Crippen molar-refractivity contribution >= 4 is 0 Å². The molecule has 0 saturated heterocycles. The third-order valence-electron chi connectivity index (χ3n) is 0.692. The molecule has 6 nitrogen and oxygen atoms in total. The van der Waals surface area contributed by atoms with Gasteiger partial charge in [-0.2, -0.15) is 13.2 Å². The van der Waals surface area contributed by atoms with E-state index in [1.54, 1.807) is 0 Å². The zero-order valence-corrected chi connectivity index (χ0v) is 4.74. The Kier molecular flexibility index (Phi) is 2.34. The Morgan fingerprint density at radius 1 is 1.09 bits per heavy atom. The number of rotatable bonds is 2. The largest absolute Gasteiger partial charge is 0.543 e. The van der Waals surface area contributed by atoms with E-state index >= 15 is 0 Å². The third-order valence-corrected chi connectivity index (χ3v) is 0.692. The lowest BCUT2D eigenvalue weighted by Gasteiger charge is -2.03. The molecule has 0 amide bonds. The van der Waals surface area contributed by atoms with Crippen LogP contribution in [0.4, 0.5) is 13.2 Å². The average molecular weight is 174 g/mol. The maximum Gasteiger partial charge on any atom is 0.543 e. The van der Waals surface area contributed by atoms with Gasteiger partial charge in [-0.25, -0.2) is 0 Å². The first kappa shape index (κ1) is 9.59. The van der Waals surface area contributed by atoms with Crippen molar-refractivity contribution < 1.29 is 23.0 Å². The highest BCUT2D eigenvalue weighted by molar-refractivity contribution is 4.52. The second-order valence-electron chi connectivity index (χ2n) is 1.49. The monoisotopic (exact) mass is 174 g/mol. The van der Waals surface area contributed by atoms with Crippen LogP contribution in [0.2, 0.25) is 0 Å². The van der Waals surface area contributed by atoms with Gasteiger partial charge in [0.25, 0.3) is 0 Å². The summed E-state index contributed by atoms with van der Waals surface area (Å²) in [7, 11) is 0. The molecule has 11 heavy (non-hydrogen) atoms. The predicted molar refractivity (Wildman–Crippen MR) is 23.8 cm³/mol. The molecule has 0 rings (SSSR count). The molecule has 0 saturated carbocycles. The van der Waals surface area contributed by atoms with E-state index in [-0.39, 0.29) is 0 Å². The number of halogens is 3. The number of nitro groups is 2. The maximum absolute atomic E-state index is 11.3. The van der Waals surface area contributed by atoms with Gasteiger partial charge in [0, 0.05) is 0 Å². The Labute approximate surface area is 56.9 Å². The van der Waals surface area contributed by atoms with Crippen molar-refractivity contribution in [3.8, 4) is 0 Å². The molecule has 0 aliphatic carbocycles. The fraction of sp³-hybridized carbons (Fsp3) is 1.00. The van der Waals surface area contributed by atoms with Crippen molar-refractivity contribution in [1.82, 2.24) is 0 Å². The minimum absolute atomic E-state index is 2.00. The highest BCUT2D eigenvalue weighted by Crippen LogP contribution is 2.22. The lowest BCUT2D eigenvalue weighted by atomic mass is 10.5. The number of hydrogen-bond donors (Lipinski definition) is 0. The van der Waals surface area contributed by atoms with Crippen LogP contribution in [0.5, 0.6) is 0 Å². The Bertz CT molecular complexity index is 174. The van der Waals surface area contributed by atoms with Crippen LogP contribution in [0.1, 0.15) is 0 Å². The zero-order valence-electron chi connectivity index (χ0n) is 4.74. The Morgan fingerprint density at radius 3 is 1.36 bits per heavy atom. The van der Waals surface area contributed by atoms with E-state index in [1.807, 2.05) is 0 Å². The van der Waals surface area contributed by atoms with Crippen LogP contribution >= 0.6 is 0 Å². The van der Waals surface area contributed by atoms with E-state index in [4.69, 9.17) is 0 Å². The van der Waals surface area contributed by atoms with Crippen LogP contribution < -0.4 is 0 Å². The summed E-state index contributed by atoms with van der Waals surface area (Å²) in [5, 5.41) is 18.9. The normalized spacial score (nSPS) is 11.6. The van der Waals surface area contributed by atoms with Crippen molar-refractivity contribution in [1.29, 1.82) is 0 Å². The Hall–Kier alpha value is -1.41. The van der Waals surface area contributed by atoms with Gasteiger partial charge >= 0.3 is 12.3 Å². The van der Waals surface area contributed by atoms with E-state index < -0.39 is 22.2 Å². The van der Waals surface area contributed by atoms with E-state index in [0.29, 0.717) is 0 Å². The van der Waals surface area contributed by atoms with Gasteiger partial charge in [-0.1, -0.05) is 0 Å². The molecule has 0 fully saturated rings. The number of alkyl halides is 3. The lowest BCUT2D eigenvalue weighted by molar-refractivity contribution is -0.772. The van der Waals surface area contributed by atoms with Gasteiger partial charge in [-0.15, -0.1) is 0 Å². The molecule has 0 aliphatic rings. The van der Waals surface area contributed by atoms with E-state index in [1.165, 1.54) is 0 Å². The lowest BCUT2D eigenvalue weighted by Crippen LogP contribution is -2.42. The molecule has 0 spiro atoms. The molecular formula is C2HF3N2O4. The molecule has 0 unspecified atom stereocenters. The SMILES string of the molecule is O=[N+]([O-])C([N+](=O)[O-])C(F)(F)F. The molecule has 0 bridgehead atoms. The van der Waals surface area contributed by atoms with Gasteiger partial charge in [-0.3, -0.25) is 20.2 Å². The maximum atomic E-state index is 11.3. The van der Waals surface area contributed by atoms with Crippen LogP contribution in [0.3, 0.4) is 0 Å². The van der Waals surface area contributed by atoms with Crippen LogP contribution in [0.15, 0.2) is 0 Å². The molecule has 0 aliphatic heterocycles. The smallest absolute Gasteiger partial charge is 0.258 e. The summed E-state index contributed by atoms with van der Waals surface area (Å²) in [5.41, 5.74) is 0. The fourth-order valence-electron chi connectivity index (χ4n) is 0.316. The number of nitrogens with zero attached hydrogens (tertiary/aromatic N) is 2. The first-order valence-electron chi connectivity index (χ1n) is 2.10. The molecule has 0 N–H and O–H groups in total. The summed E-state index contributed by atoms with van der Waals surface area (Å²) in [6.45, 7) is 0. The van der Waals surface area contributed by atoms with Crippen LogP contribution in [0, 0.1) is 20.2 Å². The quantitative estimate of drug-likeness (QED) is 0.345. The fourth-order valence-corrected chi connectivity index (χ4v) is 0.316. The van der Waals surface area contributed by atoms with Gasteiger partial charge in [0.2, 0.25) is 0 Å². The number of hydrogen-bond acceptors (Lipinski definition) is 4. The summed E-state index contributed by atoms with van der Waals surface area (Å²) >= 11 is 0. The molecule has 9 heteroatoms. The van der Waals surface area contributed by atoms with Crippen molar-refractivity contribution in [2.45, 2.75) is 12.3 Å². The van der Waals surface area contributed by atoms with Crippen molar-refractivity contribution in [2.24, 2.45) is 0 Å². The Balaban J connectivity index is 4.63. The van der Waals surface area contributed by atoms with E-state index in [0.717, 1.165) is 0 Å². The molecule has 0 atom stereocenters. The molecule has 0 aromatic carbocycles. The first-order chi connectivity index (χ1) is 4.76. The second kappa shape index (κ2) is 2.68. The third kappa shape index (κ3) is 2.35. The van der Waals surface area contributed by atoms with Gasteiger partial charge in [0.1, 0.15) is 9.85 Å². The van der Waals surface area contributed by atoms with Crippen molar-refractivity contribution in [3.63, 3.8) is 0 Å². The minimum atomic E-state index is -5.44. The summed E-state index contributed by atoms with van der Waals surface area (Å²) in [6, 6.07) is 0. The van der Waals surface area contributed by atoms with Crippen molar-refractivity contribution in [3.05, 3.63) is 20.2 Å². The highest BCUT2D eigenvalue weighted by Gasteiger charge is 2.60. The first-order valence-corrected chi connectivity index (χ1v) is 2.10. The van der Waals surface area contributed by atoms with E-state index in [2.05, 4.69) is 0 Å². The van der Waals surface area contributed by atoms with E-state index in [9.17, 15) is 33.4 Å². The van der Waals surface area contributed by atoms with Crippen molar-refractivity contribution in [2.75, 3.05) is 0 Å². The average Bonchev–Trinajstić information content (AvgIpc) is 1.54. The standard InChI is InChI=1S/C2HF3N2O4/c3-2(4,5)1(6(8)9)7(10)11/h1H. The summed E-state index contributed by atoms with van der Waals surface area (Å²) in [5.74, 6) is 0. The van der Waals surface area contributed by atoms with Gasteiger partial charge in [0.15, 0.2) is 0 Å². The molecular weight excluding hydrogens is 173 g/mol. The van der Waals surface area contributed by atoms with Gasteiger partial charge in [-0.05, 0) is 0 Å². The van der Waals surface area contributed by atoms with Crippen LogP contribution in [0.25, 0.3) is 0 Å².